The first-order valence-electron chi connectivity index (χ1n) is 9.50. The Morgan fingerprint density at radius 2 is 1.76 bits per heavy atom. The number of nitrogens with zero attached hydrogens (tertiary/aromatic N) is 6. The Morgan fingerprint density at radius 1 is 0.966 bits per heavy atom. The number of amides is 1. The Balaban J connectivity index is 1.37. The second-order valence-corrected chi connectivity index (χ2v) is 7.16. The summed E-state index contributed by atoms with van der Waals surface area (Å²) < 4.78 is 37.8. The van der Waals surface area contributed by atoms with Crippen LogP contribution >= 0.6 is 0 Å². The first-order chi connectivity index (χ1) is 13.9. The van der Waals surface area contributed by atoms with Gasteiger partial charge in [-0.3, -0.25) is 14.7 Å². The van der Waals surface area contributed by atoms with Crippen LogP contribution in [0.15, 0.2) is 36.7 Å². The van der Waals surface area contributed by atoms with Crippen molar-refractivity contribution in [1.29, 1.82) is 0 Å². The average Bonchev–Trinajstić information content (AvgIpc) is 3.07. The average molecular weight is 406 g/mol. The van der Waals surface area contributed by atoms with Gasteiger partial charge in [-0.05, 0) is 24.6 Å². The molecule has 2 aromatic rings. The van der Waals surface area contributed by atoms with Gasteiger partial charge in [0.2, 0.25) is 11.9 Å². The molecule has 4 heterocycles. The third-order valence-electron chi connectivity index (χ3n) is 5.25. The topological polar surface area (TPSA) is 65.5 Å². The van der Waals surface area contributed by atoms with E-state index in [1.165, 1.54) is 0 Å². The number of likely N-dealkylation sites (tertiary alicyclic amines) is 1. The first kappa shape index (κ1) is 19.6. The predicted octanol–water partition coefficient (Wildman–Crippen LogP) is 1.82. The van der Waals surface area contributed by atoms with E-state index in [0.29, 0.717) is 38.5 Å². The lowest BCUT2D eigenvalue weighted by atomic mass is 10.2. The second kappa shape index (κ2) is 7.94. The normalized spacial score (nSPS) is 21.1. The van der Waals surface area contributed by atoms with E-state index < -0.39 is 24.7 Å². The largest absolute Gasteiger partial charge is 0.406 e. The van der Waals surface area contributed by atoms with Gasteiger partial charge >= 0.3 is 6.18 Å². The molecule has 29 heavy (non-hydrogen) atoms. The van der Waals surface area contributed by atoms with E-state index in [1.54, 1.807) is 18.5 Å². The second-order valence-electron chi connectivity index (χ2n) is 7.16. The van der Waals surface area contributed by atoms with Gasteiger partial charge in [-0.25, -0.2) is 9.97 Å². The number of halogens is 3. The van der Waals surface area contributed by atoms with E-state index in [0.717, 1.165) is 16.3 Å². The first-order valence-corrected chi connectivity index (χ1v) is 9.50. The molecule has 7 nitrogen and oxygen atoms in total. The minimum Gasteiger partial charge on any atom is -0.338 e. The van der Waals surface area contributed by atoms with E-state index >= 15 is 0 Å². The van der Waals surface area contributed by atoms with Crippen molar-refractivity contribution in [3.63, 3.8) is 0 Å². The highest BCUT2D eigenvalue weighted by Crippen LogP contribution is 2.25. The summed E-state index contributed by atoms with van der Waals surface area (Å²) in [6.07, 6.45) is -0.537. The molecule has 0 bridgehead atoms. The number of carbonyl (C=O) groups is 1. The minimum atomic E-state index is -4.36. The monoisotopic (exact) mass is 406 g/mol. The van der Waals surface area contributed by atoms with E-state index in [4.69, 9.17) is 0 Å². The van der Waals surface area contributed by atoms with E-state index in [2.05, 4.69) is 15.0 Å². The van der Waals surface area contributed by atoms with Gasteiger partial charge in [0.1, 0.15) is 6.54 Å². The third kappa shape index (κ3) is 4.47. The fourth-order valence-electron chi connectivity index (χ4n) is 3.83. The Bertz CT molecular complexity index is 855. The van der Waals surface area contributed by atoms with Gasteiger partial charge in [0.05, 0.1) is 17.4 Å². The van der Waals surface area contributed by atoms with Gasteiger partial charge in [-0.15, -0.1) is 0 Å². The number of pyridine rings is 1. The van der Waals surface area contributed by atoms with Crippen LogP contribution in [0.4, 0.5) is 19.1 Å². The molecular formula is C19H21F3N6O. The van der Waals surface area contributed by atoms with Crippen LogP contribution in [-0.2, 0) is 4.79 Å². The number of anilines is 1. The molecule has 2 fully saturated rings. The maximum absolute atomic E-state index is 12.6. The smallest absolute Gasteiger partial charge is 0.338 e. The lowest BCUT2D eigenvalue weighted by Gasteiger charge is -2.37. The maximum Gasteiger partial charge on any atom is 0.406 e. The number of hydrogen-bond acceptors (Lipinski definition) is 6. The standard InChI is InChI=1S/C19H21F3N6O/c20-19(21,22)13-28-8-5-16(17(28)29)26-9-11-27(12-10-26)18-24-7-4-15(25-18)14-3-1-2-6-23-14/h1-4,6-7,16H,5,8-13H2. The Kier molecular flexibility index (Phi) is 5.35. The van der Waals surface area contributed by atoms with Crippen LogP contribution in [0.25, 0.3) is 11.4 Å². The molecule has 2 aromatic heterocycles. The van der Waals surface area contributed by atoms with Gasteiger partial charge in [-0.1, -0.05) is 6.07 Å². The number of alkyl halides is 3. The number of aromatic nitrogens is 3. The van der Waals surface area contributed by atoms with Gasteiger partial charge in [0.15, 0.2) is 0 Å². The quantitative estimate of drug-likeness (QED) is 0.772. The summed E-state index contributed by atoms with van der Waals surface area (Å²) in [7, 11) is 0. The number of rotatable bonds is 4. The molecule has 0 spiro atoms. The molecule has 0 aliphatic carbocycles. The molecule has 4 rings (SSSR count). The minimum absolute atomic E-state index is 0.151. The number of piperazine rings is 1. The summed E-state index contributed by atoms with van der Waals surface area (Å²) in [6.45, 7) is 1.35. The van der Waals surface area contributed by atoms with Crippen molar-refractivity contribution in [2.24, 2.45) is 0 Å². The van der Waals surface area contributed by atoms with Crippen LogP contribution in [0.3, 0.4) is 0 Å². The zero-order chi connectivity index (χ0) is 20.4. The van der Waals surface area contributed by atoms with Crippen molar-refractivity contribution in [3.8, 4) is 11.4 Å². The summed E-state index contributed by atoms with van der Waals surface area (Å²) in [5.41, 5.74) is 1.49. The van der Waals surface area contributed by atoms with Crippen molar-refractivity contribution < 1.29 is 18.0 Å². The molecule has 1 atom stereocenters. The molecule has 0 N–H and O–H groups in total. The van der Waals surface area contributed by atoms with E-state index in [-0.39, 0.29) is 6.54 Å². The summed E-state index contributed by atoms with van der Waals surface area (Å²) in [5.74, 6) is 0.161. The van der Waals surface area contributed by atoms with Crippen LogP contribution in [0.5, 0.6) is 0 Å². The highest BCUT2D eigenvalue weighted by molar-refractivity contribution is 5.84. The van der Waals surface area contributed by atoms with Crippen molar-refractivity contribution >= 4 is 11.9 Å². The zero-order valence-corrected chi connectivity index (χ0v) is 15.7. The molecule has 2 aliphatic heterocycles. The van der Waals surface area contributed by atoms with Crippen molar-refractivity contribution in [2.45, 2.75) is 18.6 Å². The fourth-order valence-corrected chi connectivity index (χ4v) is 3.83. The highest BCUT2D eigenvalue weighted by Gasteiger charge is 2.42. The summed E-state index contributed by atoms with van der Waals surface area (Å²) in [4.78, 5) is 30.5. The molecule has 2 saturated heterocycles. The van der Waals surface area contributed by atoms with Crippen molar-refractivity contribution in [3.05, 3.63) is 36.7 Å². The Morgan fingerprint density at radius 3 is 2.45 bits per heavy atom. The van der Waals surface area contributed by atoms with E-state index in [9.17, 15) is 18.0 Å². The van der Waals surface area contributed by atoms with Crippen molar-refractivity contribution in [1.82, 2.24) is 24.8 Å². The number of carbonyl (C=O) groups excluding carboxylic acids is 1. The molecule has 154 valence electrons. The van der Waals surface area contributed by atoms with Crippen LogP contribution in [0, 0.1) is 0 Å². The zero-order valence-electron chi connectivity index (χ0n) is 15.7. The van der Waals surface area contributed by atoms with Crippen LogP contribution in [-0.4, -0.2) is 82.1 Å². The summed E-state index contributed by atoms with van der Waals surface area (Å²) in [6, 6.07) is 6.94. The lowest BCUT2D eigenvalue weighted by molar-refractivity contribution is -0.159. The molecule has 0 aromatic carbocycles. The molecule has 1 amide bonds. The molecule has 0 radical (unpaired) electrons. The van der Waals surface area contributed by atoms with Gasteiger partial charge in [0.25, 0.3) is 0 Å². The SMILES string of the molecule is O=C1C(N2CCN(c3nccc(-c4ccccn4)n3)CC2)CCN1CC(F)(F)F. The maximum atomic E-state index is 12.6. The molecule has 0 saturated carbocycles. The highest BCUT2D eigenvalue weighted by atomic mass is 19.4. The van der Waals surface area contributed by atoms with Crippen LogP contribution in [0.2, 0.25) is 0 Å². The molecule has 10 heteroatoms. The summed E-state index contributed by atoms with van der Waals surface area (Å²) >= 11 is 0. The molecule has 1 unspecified atom stereocenters. The Hall–Kier alpha value is -2.75. The fraction of sp³-hybridized carbons (Fsp3) is 0.474. The predicted molar refractivity (Wildman–Crippen MR) is 100 cm³/mol. The van der Waals surface area contributed by atoms with Gasteiger partial charge < -0.3 is 9.80 Å². The van der Waals surface area contributed by atoms with Gasteiger partial charge in [0, 0.05) is 45.1 Å². The van der Waals surface area contributed by atoms with E-state index in [1.807, 2.05) is 28.0 Å². The Labute approximate surface area is 166 Å². The van der Waals surface area contributed by atoms with Crippen LogP contribution in [0.1, 0.15) is 6.42 Å². The van der Waals surface area contributed by atoms with Crippen molar-refractivity contribution in [2.75, 3.05) is 44.2 Å². The third-order valence-corrected chi connectivity index (χ3v) is 5.25. The van der Waals surface area contributed by atoms with Crippen LogP contribution < -0.4 is 4.90 Å². The lowest BCUT2D eigenvalue weighted by Crippen LogP contribution is -2.53. The molecule has 2 aliphatic rings. The summed E-state index contributed by atoms with van der Waals surface area (Å²) in [5, 5.41) is 0. The molecular weight excluding hydrogens is 385 g/mol. The number of hydrogen-bond donors (Lipinski definition) is 0. The van der Waals surface area contributed by atoms with Gasteiger partial charge in [-0.2, -0.15) is 13.2 Å².